The molecule has 0 atom stereocenters. The fraction of sp³-hybridized carbons (Fsp3) is 0.182. The Hall–Kier alpha value is -1.03. The van der Waals surface area contributed by atoms with E-state index in [0.717, 1.165) is 11.3 Å². The van der Waals surface area contributed by atoms with Gasteiger partial charge in [-0.1, -0.05) is 23.2 Å². The van der Waals surface area contributed by atoms with Crippen LogP contribution in [0.15, 0.2) is 30.5 Å². The molecule has 2 rings (SSSR count). The first-order chi connectivity index (χ1) is 7.70. The van der Waals surface area contributed by atoms with Crippen LogP contribution in [-0.4, -0.2) is 16.3 Å². The van der Waals surface area contributed by atoms with Gasteiger partial charge in [0.25, 0.3) is 0 Å². The highest BCUT2D eigenvalue weighted by atomic mass is 35.5. The fourth-order valence-corrected chi connectivity index (χ4v) is 1.96. The lowest BCUT2D eigenvalue weighted by Gasteiger charge is -2.01. The van der Waals surface area contributed by atoms with Gasteiger partial charge in [-0.05, 0) is 24.3 Å². The molecule has 0 bridgehead atoms. The van der Waals surface area contributed by atoms with Crippen molar-refractivity contribution in [2.75, 3.05) is 6.54 Å². The maximum Gasteiger partial charge on any atom is 0.0938 e. The second-order valence-corrected chi connectivity index (χ2v) is 4.22. The molecule has 1 aromatic heterocycles. The number of hydrogen-bond donors (Lipinski definition) is 1. The Morgan fingerprint density at radius 1 is 1.25 bits per heavy atom. The molecule has 84 valence electrons. The summed E-state index contributed by atoms with van der Waals surface area (Å²) < 4.78 is 1.79. The Kier molecular flexibility index (Phi) is 3.49. The Balaban J connectivity index is 2.35. The number of nitrogens with zero attached hydrogens (tertiary/aromatic N) is 2. The summed E-state index contributed by atoms with van der Waals surface area (Å²) in [6.07, 6.45) is 1.88. The first-order valence-corrected chi connectivity index (χ1v) is 5.65. The zero-order valence-corrected chi connectivity index (χ0v) is 10.0. The second kappa shape index (κ2) is 4.87. The molecule has 0 saturated carbocycles. The van der Waals surface area contributed by atoms with Gasteiger partial charge < -0.3 is 5.73 Å². The molecule has 1 heterocycles. The third kappa shape index (κ3) is 2.38. The molecule has 0 radical (unpaired) electrons. The van der Waals surface area contributed by atoms with Gasteiger partial charge in [0.1, 0.15) is 0 Å². The van der Waals surface area contributed by atoms with E-state index >= 15 is 0 Å². The van der Waals surface area contributed by atoms with Crippen molar-refractivity contribution in [3.05, 3.63) is 40.5 Å². The van der Waals surface area contributed by atoms with Crippen molar-refractivity contribution >= 4 is 23.2 Å². The van der Waals surface area contributed by atoms with Gasteiger partial charge >= 0.3 is 0 Å². The molecule has 1 aromatic carbocycles. The molecule has 0 unspecified atom stereocenters. The molecule has 16 heavy (non-hydrogen) atoms. The van der Waals surface area contributed by atoms with Crippen molar-refractivity contribution in [2.24, 2.45) is 5.73 Å². The van der Waals surface area contributed by atoms with Crippen LogP contribution in [0.1, 0.15) is 0 Å². The predicted octanol–water partition coefficient (Wildman–Crippen LogP) is 2.82. The van der Waals surface area contributed by atoms with E-state index in [9.17, 15) is 0 Å². The molecule has 5 heteroatoms. The summed E-state index contributed by atoms with van der Waals surface area (Å²) in [5, 5.41) is 5.59. The molecule has 3 nitrogen and oxygen atoms in total. The highest BCUT2D eigenvalue weighted by Gasteiger charge is 2.07. The van der Waals surface area contributed by atoms with E-state index in [4.69, 9.17) is 28.9 Å². The Morgan fingerprint density at radius 3 is 2.75 bits per heavy atom. The van der Waals surface area contributed by atoms with Gasteiger partial charge in [-0.25, -0.2) is 0 Å². The quantitative estimate of drug-likeness (QED) is 0.917. The summed E-state index contributed by atoms with van der Waals surface area (Å²) in [6.45, 7) is 1.26. The standard InChI is InChI=1S/C11H11Cl2N3/c12-8-1-2-9(10(13)7-8)11-3-5-16(15-11)6-4-14/h1-3,5,7H,4,6,14H2. The molecule has 0 saturated heterocycles. The third-order valence-corrected chi connectivity index (χ3v) is 2.75. The Labute approximate surface area is 104 Å². The van der Waals surface area contributed by atoms with E-state index in [1.165, 1.54) is 0 Å². The van der Waals surface area contributed by atoms with Gasteiger partial charge in [0, 0.05) is 23.3 Å². The average molecular weight is 256 g/mol. The number of rotatable bonds is 3. The van der Waals surface area contributed by atoms with Gasteiger partial charge in [0.05, 0.1) is 17.3 Å². The minimum absolute atomic E-state index is 0.565. The van der Waals surface area contributed by atoms with Crippen molar-refractivity contribution in [3.8, 4) is 11.3 Å². The van der Waals surface area contributed by atoms with E-state index in [2.05, 4.69) is 5.10 Å². The lowest BCUT2D eigenvalue weighted by molar-refractivity contribution is 0.627. The summed E-state index contributed by atoms with van der Waals surface area (Å²) in [6, 6.07) is 7.27. The van der Waals surface area contributed by atoms with Crippen LogP contribution >= 0.6 is 23.2 Å². The van der Waals surface area contributed by atoms with Crippen LogP contribution < -0.4 is 5.73 Å². The lowest BCUT2D eigenvalue weighted by Crippen LogP contribution is -2.10. The van der Waals surface area contributed by atoms with Gasteiger partial charge in [-0.2, -0.15) is 5.10 Å². The molecular weight excluding hydrogens is 245 g/mol. The van der Waals surface area contributed by atoms with E-state index in [1.54, 1.807) is 16.8 Å². The van der Waals surface area contributed by atoms with Crippen molar-refractivity contribution in [1.29, 1.82) is 0 Å². The molecule has 2 N–H and O–H groups in total. The molecule has 0 amide bonds. The molecule has 0 aliphatic heterocycles. The van der Waals surface area contributed by atoms with Crippen molar-refractivity contribution in [2.45, 2.75) is 6.54 Å². The van der Waals surface area contributed by atoms with Gasteiger partial charge in [-0.15, -0.1) is 0 Å². The predicted molar refractivity (Wildman–Crippen MR) is 66.7 cm³/mol. The van der Waals surface area contributed by atoms with Crippen molar-refractivity contribution < 1.29 is 0 Å². The van der Waals surface area contributed by atoms with Crippen LogP contribution in [0.5, 0.6) is 0 Å². The first kappa shape index (κ1) is 11.5. The average Bonchev–Trinajstić information content (AvgIpc) is 2.67. The van der Waals surface area contributed by atoms with Gasteiger partial charge in [-0.3, -0.25) is 4.68 Å². The topological polar surface area (TPSA) is 43.8 Å². The minimum atomic E-state index is 0.565. The van der Waals surface area contributed by atoms with Crippen LogP contribution in [0, 0.1) is 0 Å². The molecule has 0 fully saturated rings. The highest BCUT2D eigenvalue weighted by Crippen LogP contribution is 2.28. The Bertz CT molecular complexity index is 494. The minimum Gasteiger partial charge on any atom is -0.329 e. The van der Waals surface area contributed by atoms with Crippen LogP contribution in [0.4, 0.5) is 0 Å². The van der Waals surface area contributed by atoms with Crippen molar-refractivity contribution in [1.82, 2.24) is 9.78 Å². The second-order valence-electron chi connectivity index (χ2n) is 3.38. The van der Waals surface area contributed by atoms with E-state index in [0.29, 0.717) is 23.1 Å². The summed E-state index contributed by atoms with van der Waals surface area (Å²) in [5.74, 6) is 0. The molecule has 0 aliphatic rings. The molecular formula is C11H11Cl2N3. The maximum absolute atomic E-state index is 6.09. The van der Waals surface area contributed by atoms with Crippen LogP contribution in [0.2, 0.25) is 10.0 Å². The summed E-state index contributed by atoms with van der Waals surface area (Å²) in [5.41, 5.74) is 7.16. The van der Waals surface area contributed by atoms with Gasteiger partial charge in [0.2, 0.25) is 0 Å². The summed E-state index contributed by atoms with van der Waals surface area (Å²) in [4.78, 5) is 0. The number of nitrogens with two attached hydrogens (primary N) is 1. The van der Waals surface area contributed by atoms with Crippen molar-refractivity contribution in [3.63, 3.8) is 0 Å². The normalized spacial score (nSPS) is 10.7. The largest absolute Gasteiger partial charge is 0.329 e. The highest BCUT2D eigenvalue weighted by molar-refractivity contribution is 6.36. The zero-order chi connectivity index (χ0) is 11.5. The maximum atomic E-state index is 6.09. The molecule has 0 aliphatic carbocycles. The smallest absolute Gasteiger partial charge is 0.0938 e. The number of hydrogen-bond acceptors (Lipinski definition) is 2. The molecule has 0 spiro atoms. The number of benzene rings is 1. The number of halogens is 2. The first-order valence-electron chi connectivity index (χ1n) is 4.89. The summed E-state index contributed by atoms with van der Waals surface area (Å²) in [7, 11) is 0. The van der Waals surface area contributed by atoms with E-state index in [-0.39, 0.29) is 0 Å². The number of aromatic nitrogens is 2. The lowest BCUT2D eigenvalue weighted by atomic mass is 10.1. The molecule has 2 aromatic rings. The van der Waals surface area contributed by atoms with Gasteiger partial charge in [0.15, 0.2) is 0 Å². The van der Waals surface area contributed by atoms with E-state index < -0.39 is 0 Å². The Morgan fingerprint density at radius 2 is 2.06 bits per heavy atom. The SMILES string of the molecule is NCCn1ccc(-c2ccc(Cl)cc2Cl)n1. The third-order valence-electron chi connectivity index (χ3n) is 2.21. The van der Waals surface area contributed by atoms with E-state index in [1.807, 2.05) is 18.3 Å². The summed E-state index contributed by atoms with van der Waals surface area (Å²) >= 11 is 11.9. The van der Waals surface area contributed by atoms with Crippen LogP contribution in [0.25, 0.3) is 11.3 Å². The van der Waals surface area contributed by atoms with Crippen LogP contribution in [-0.2, 0) is 6.54 Å². The fourth-order valence-electron chi connectivity index (χ4n) is 1.46. The monoisotopic (exact) mass is 255 g/mol. The zero-order valence-electron chi connectivity index (χ0n) is 8.53. The van der Waals surface area contributed by atoms with Crippen LogP contribution in [0.3, 0.4) is 0 Å².